The van der Waals surface area contributed by atoms with Gasteiger partial charge >= 0.3 is 0 Å². The summed E-state index contributed by atoms with van der Waals surface area (Å²) in [7, 11) is 0. The van der Waals surface area contributed by atoms with Gasteiger partial charge in [-0.25, -0.2) is 14.4 Å². The average Bonchev–Trinajstić information content (AvgIpc) is 2.85. The van der Waals surface area contributed by atoms with Crippen LogP contribution in [0.1, 0.15) is 5.56 Å². The van der Waals surface area contributed by atoms with Gasteiger partial charge in [0.15, 0.2) is 11.9 Å². The van der Waals surface area contributed by atoms with E-state index < -0.39 is 0 Å². The third kappa shape index (κ3) is 2.55. The van der Waals surface area contributed by atoms with Crippen molar-refractivity contribution in [2.24, 2.45) is 25.7 Å². The molecule has 0 saturated carbocycles. The number of rotatable bonds is 2. The number of hydrogen-bond acceptors (Lipinski definition) is 6. The maximum atomic E-state index is 12.8. The molecule has 7 heteroatoms. The van der Waals surface area contributed by atoms with Gasteiger partial charge in [-0.15, -0.1) is 11.8 Å². The molecule has 1 unspecified atom stereocenters. The zero-order valence-corrected chi connectivity index (χ0v) is 10.6. The molecule has 1 aromatic rings. The van der Waals surface area contributed by atoms with Crippen LogP contribution in [0.5, 0.6) is 0 Å². The van der Waals surface area contributed by atoms with Crippen LogP contribution in [0.2, 0.25) is 0 Å². The lowest BCUT2D eigenvalue weighted by molar-refractivity contribution is 0.627. The number of amidine groups is 1. The highest BCUT2D eigenvalue weighted by molar-refractivity contribution is 8.13. The largest absolute Gasteiger partial charge is 0.368 e. The van der Waals surface area contributed by atoms with Gasteiger partial charge in [-0.1, -0.05) is 12.1 Å². The van der Waals surface area contributed by atoms with E-state index in [2.05, 4.69) is 20.0 Å². The van der Waals surface area contributed by atoms with Crippen LogP contribution in [0, 0.1) is 5.82 Å². The van der Waals surface area contributed by atoms with Crippen LogP contribution < -0.4 is 5.73 Å². The van der Waals surface area contributed by atoms with E-state index in [4.69, 9.17) is 5.73 Å². The first-order valence-electron chi connectivity index (χ1n) is 5.62. The zero-order valence-electron chi connectivity index (χ0n) is 9.82. The van der Waals surface area contributed by atoms with E-state index in [0.717, 1.165) is 10.6 Å². The lowest BCUT2D eigenvalue weighted by Gasteiger charge is -2.15. The molecule has 1 atom stereocenters. The van der Waals surface area contributed by atoms with Gasteiger partial charge in [0.25, 0.3) is 0 Å². The van der Waals surface area contributed by atoms with Gasteiger partial charge in [-0.2, -0.15) is 4.99 Å². The molecule has 0 fully saturated rings. The summed E-state index contributed by atoms with van der Waals surface area (Å²) < 4.78 is 12.8. The maximum absolute atomic E-state index is 12.8. The Balaban J connectivity index is 1.73. The molecular formula is C12H10FN5S. The third-order valence-electron chi connectivity index (χ3n) is 2.64. The van der Waals surface area contributed by atoms with E-state index >= 15 is 0 Å². The van der Waals surface area contributed by atoms with Crippen molar-refractivity contribution in [2.75, 3.05) is 0 Å². The van der Waals surface area contributed by atoms with Gasteiger partial charge < -0.3 is 5.73 Å². The summed E-state index contributed by atoms with van der Waals surface area (Å²) in [4.78, 5) is 16.5. The Hall–Kier alpha value is -2.02. The second-order valence-corrected chi connectivity index (χ2v) is 4.99. The minimum absolute atomic E-state index is 0.196. The average molecular weight is 275 g/mol. The Morgan fingerprint density at radius 2 is 2.00 bits per heavy atom. The molecule has 0 saturated heterocycles. The van der Waals surface area contributed by atoms with Crippen LogP contribution in [-0.2, 0) is 5.75 Å². The van der Waals surface area contributed by atoms with Gasteiger partial charge in [0.2, 0.25) is 5.96 Å². The SMILES string of the molecule is NC1=NC2=NC=NC2C(SCc2ccc(F)cc2)=N1. The molecule has 2 N–H and O–H groups in total. The Labute approximate surface area is 113 Å². The highest BCUT2D eigenvalue weighted by atomic mass is 32.2. The first-order valence-corrected chi connectivity index (χ1v) is 6.60. The van der Waals surface area contributed by atoms with Crippen molar-refractivity contribution < 1.29 is 4.39 Å². The van der Waals surface area contributed by atoms with Gasteiger partial charge in [-0.05, 0) is 17.7 Å². The van der Waals surface area contributed by atoms with Crippen LogP contribution in [0.25, 0.3) is 0 Å². The second-order valence-electron chi connectivity index (χ2n) is 3.99. The molecule has 2 aliphatic rings. The van der Waals surface area contributed by atoms with Crippen molar-refractivity contribution in [1.82, 2.24) is 0 Å². The minimum Gasteiger partial charge on any atom is -0.368 e. The molecule has 0 spiro atoms. The van der Waals surface area contributed by atoms with Crippen molar-refractivity contribution in [1.29, 1.82) is 0 Å². The highest BCUT2D eigenvalue weighted by Gasteiger charge is 2.28. The van der Waals surface area contributed by atoms with Crippen LogP contribution in [-0.4, -0.2) is 29.2 Å². The highest BCUT2D eigenvalue weighted by Crippen LogP contribution is 2.22. The van der Waals surface area contributed by atoms with Gasteiger partial charge in [0, 0.05) is 5.75 Å². The Morgan fingerprint density at radius 1 is 1.21 bits per heavy atom. The molecule has 0 aromatic heterocycles. The van der Waals surface area contributed by atoms with Crippen LogP contribution in [0.4, 0.5) is 4.39 Å². The number of fused-ring (bicyclic) bond motifs is 1. The number of aliphatic imine (C=N–C) groups is 4. The molecule has 2 heterocycles. The number of thioether (sulfide) groups is 1. The Morgan fingerprint density at radius 3 is 2.79 bits per heavy atom. The zero-order chi connectivity index (χ0) is 13.2. The number of hydrogen-bond donors (Lipinski definition) is 1. The van der Waals surface area contributed by atoms with Gasteiger partial charge in [-0.3, -0.25) is 4.99 Å². The van der Waals surface area contributed by atoms with Crippen molar-refractivity contribution >= 4 is 34.9 Å². The first kappa shape index (κ1) is 12.0. The fraction of sp³-hybridized carbons (Fsp3) is 0.167. The predicted molar refractivity (Wildman–Crippen MR) is 76.5 cm³/mol. The van der Waals surface area contributed by atoms with Crippen molar-refractivity contribution in [2.45, 2.75) is 11.8 Å². The standard InChI is InChI=1S/C12H10FN5S/c13-8-3-1-7(2-4-8)5-19-11-9-10(16-6-15-9)17-12(14)18-11/h1-4,6,9H,5H2,(H2,14,15,16,17). The topological polar surface area (TPSA) is 75.5 Å². The van der Waals surface area contributed by atoms with Gasteiger partial charge in [0.05, 0.1) is 0 Å². The number of nitrogens with zero attached hydrogens (tertiary/aromatic N) is 4. The summed E-state index contributed by atoms with van der Waals surface area (Å²) in [5, 5.41) is 0.768. The molecular weight excluding hydrogens is 265 g/mol. The Bertz CT molecular complexity index is 618. The Kier molecular flexibility index (Phi) is 3.12. The van der Waals surface area contributed by atoms with Crippen molar-refractivity contribution in [3.63, 3.8) is 0 Å². The summed E-state index contributed by atoms with van der Waals surface area (Å²) in [6.07, 6.45) is 1.47. The summed E-state index contributed by atoms with van der Waals surface area (Å²) >= 11 is 1.51. The normalized spacial score (nSPS) is 20.7. The third-order valence-corrected chi connectivity index (χ3v) is 3.73. The molecule has 0 amide bonds. The monoisotopic (exact) mass is 275 g/mol. The van der Waals surface area contributed by atoms with Crippen molar-refractivity contribution in [3.05, 3.63) is 35.6 Å². The molecule has 0 bridgehead atoms. The predicted octanol–water partition coefficient (Wildman–Crippen LogP) is 1.59. The number of guanidine groups is 1. The molecule has 5 nitrogen and oxygen atoms in total. The molecule has 0 radical (unpaired) electrons. The second kappa shape index (κ2) is 4.93. The van der Waals surface area contributed by atoms with E-state index in [-0.39, 0.29) is 17.8 Å². The van der Waals surface area contributed by atoms with E-state index in [1.165, 1.54) is 30.2 Å². The maximum Gasteiger partial charge on any atom is 0.222 e. The molecule has 96 valence electrons. The fourth-order valence-electron chi connectivity index (χ4n) is 1.73. The number of halogens is 1. The summed E-state index contributed by atoms with van der Waals surface area (Å²) in [6, 6.07) is 6.13. The fourth-order valence-corrected chi connectivity index (χ4v) is 2.72. The smallest absolute Gasteiger partial charge is 0.222 e. The lowest BCUT2D eigenvalue weighted by Crippen LogP contribution is -2.31. The van der Waals surface area contributed by atoms with Crippen molar-refractivity contribution in [3.8, 4) is 0 Å². The summed E-state index contributed by atoms with van der Waals surface area (Å²) in [6.45, 7) is 0. The number of benzene rings is 1. The minimum atomic E-state index is -0.241. The molecule has 3 rings (SSSR count). The molecule has 0 aliphatic carbocycles. The summed E-state index contributed by atoms with van der Waals surface area (Å²) in [5.74, 6) is 1.21. The molecule has 1 aromatic carbocycles. The molecule has 19 heavy (non-hydrogen) atoms. The number of nitrogens with two attached hydrogens (primary N) is 1. The quantitative estimate of drug-likeness (QED) is 0.890. The van der Waals surface area contributed by atoms with Crippen LogP contribution in [0.3, 0.4) is 0 Å². The van der Waals surface area contributed by atoms with Crippen LogP contribution in [0.15, 0.2) is 44.2 Å². The lowest BCUT2D eigenvalue weighted by atomic mass is 10.2. The van der Waals surface area contributed by atoms with E-state index in [0.29, 0.717) is 11.6 Å². The van der Waals surface area contributed by atoms with Crippen LogP contribution >= 0.6 is 11.8 Å². The first-order chi connectivity index (χ1) is 9.22. The van der Waals surface area contributed by atoms with E-state index in [9.17, 15) is 4.39 Å². The van der Waals surface area contributed by atoms with E-state index in [1.807, 2.05) is 0 Å². The van der Waals surface area contributed by atoms with Gasteiger partial charge in [0.1, 0.15) is 17.2 Å². The molecule has 2 aliphatic heterocycles. The van der Waals surface area contributed by atoms with E-state index in [1.54, 1.807) is 12.1 Å². The summed E-state index contributed by atoms with van der Waals surface area (Å²) in [5.41, 5.74) is 6.64.